The monoisotopic (exact) mass is 431 g/mol. The molecular formula is C22H29N3O4S. The number of nitrogens with zero attached hydrogens (tertiary/aromatic N) is 2. The predicted octanol–water partition coefficient (Wildman–Crippen LogP) is 2.65. The molecule has 0 spiro atoms. The van der Waals surface area contributed by atoms with Crippen LogP contribution in [-0.2, 0) is 19.6 Å². The fourth-order valence-electron chi connectivity index (χ4n) is 3.58. The normalized spacial score (nSPS) is 20.3. The molecule has 0 aromatic heterocycles. The van der Waals surface area contributed by atoms with Gasteiger partial charge in [0.2, 0.25) is 15.9 Å². The van der Waals surface area contributed by atoms with Gasteiger partial charge < -0.3 is 10.1 Å². The maximum absolute atomic E-state index is 12.7. The summed E-state index contributed by atoms with van der Waals surface area (Å²) < 4.78 is 32.2. The van der Waals surface area contributed by atoms with E-state index in [0.717, 1.165) is 5.56 Å². The molecule has 30 heavy (non-hydrogen) atoms. The van der Waals surface area contributed by atoms with Crippen molar-refractivity contribution in [2.45, 2.75) is 31.0 Å². The Morgan fingerprint density at radius 1 is 1.17 bits per heavy atom. The summed E-state index contributed by atoms with van der Waals surface area (Å²) in [6, 6.07) is 14.9. The lowest BCUT2D eigenvalue weighted by molar-refractivity contribution is -0.122. The number of sulfonamides is 1. The van der Waals surface area contributed by atoms with Crippen LogP contribution in [0.2, 0.25) is 0 Å². The molecule has 1 fully saturated rings. The number of benzene rings is 2. The molecule has 3 rings (SSSR count). The molecule has 7 nitrogen and oxygen atoms in total. The van der Waals surface area contributed by atoms with E-state index in [4.69, 9.17) is 4.74 Å². The van der Waals surface area contributed by atoms with E-state index in [9.17, 15) is 13.2 Å². The number of hydrogen-bond donors (Lipinski definition) is 1. The summed E-state index contributed by atoms with van der Waals surface area (Å²) in [5.41, 5.74) is 2.19. The summed E-state index contributed by atoms with van der Waals surface area (Å²) in [7, 11) is -0.605. The van der Waals surface area contributed by atoms with Crippen molar-refractivity contribution in [2.24, 2.45) is 0 Å². The molecule has 1 aliphatic heterocycles. The predicted molar refractivity (Wildman–Crippen MR) is 117 cm³/mol. The number of anilines is 1. The average Bonchev–Trinajstić information content (AvgIpc) is 2.69. The van der Waals surface area contributed by atoms with E-state index in [1.54, 1.807) is 19.1 Å². The quantitative estimate of drug-likeness (QED) is 0.761. The van der Waals surface area contributed by atoms with Gasteiger partial charge in [-0.15, -0.1) is 0 Å². The SMILES string of the molecule is Cc1ccc(NC(=O)CN2CC(C)OC(c3ccccc3)C2)cc1S(=O)(=O)N(C)C. The second-order valence-electron chi connectivity index (χ2n) is 7.86. The van der Waals surface area contributed by atoms with Crippen LogP contribution in [0.25, 0.3) is 0 Å². The molecule has 2 aromatic rings. The molecule has 2 unspecified atom stereocenters. The first-order valence-electron chi connectivity index (χ1n) is 9.92. The molecule has 0 aliphatic carbocycles. The van der Waals surface area contributed by atoms with Crippen LogP contribution in [0.1, 0.15) is 24.2 Å². The Bertz CT molecular complexity index is 993. The number of carbonyl (C=O) groups excluding carboxylic acids is 1. The first-order chi connectivity index (χ1) is 14.2. The Balaban J connectivity index is 1.68. The number of rotatable bonds is 6. The van der Waals surface area contributed by atoms with Gasteiger partial charge in [-0.1, -0.05) is 36.4 Å². The Morgan fingerprint density at radius 2 is 1.87 bits per heavy atom. The number of hydrogen-bond acceptors (Lipinski definition) is 5. The molecule has 0 saturated carbocycles. The molecule has 2 atom stereocenters. The lowest BCUT2D eigenvalue weighted by atomic mass is 10.1. The van der Waals surface area contributed by atoms with Gasteiger partial charge in [0.15, 0.2) is 0 Å². The molecule has 162 valence electrons. The van der Waals surface area contributed by atoms with Crippen molar-refractivity contribution in [3.8, 4) is 0 Å². The van der Waals surface area contributed by atoms with Crippen molar-refractivity contribution in [1.29, 1.82) is 0 Å². The second-order valence-corrected chi connectivity index (χ2v) is 9.98. The van der Waals surface area contributed by atoms with Crippen molar-refractivity contribution >= 4 is 21.6 Å². The third-order valence-electron chi connectivity index (χ3n) is 5.11. The summed E-state index contributed by atoms with van der Waals surface area (Å²) >= 11 is 0. The molecule has 0 bridgehead atoms. The molecule has 8 heteroatoms. The van der Waals surface area contributed by atoms with E-state index in [1.165, 1.54) is 24.5 Å². The fourth-order valence-corrected chi connectivity index (χ4v) is 4.72. The minimum absolute atomic E-state index is 0.00738. The zero-order valence-corrected chi connectivity index (χ0v) is 18.6. The Kier molecular flexibility index (Phi) is 6.92. The maximum atomic E-state index is 12.7. The highest BCUT2D eigenvalue weighted by Crippen LogP contribution is 2.25. The van der Waals surface area contributed by atoms with E-state index in [-0.39, 0.29) is 29.6 Å². The average molecular weight is 432 g/mol. The van der Waals surface area contributed by atoms with Crippen LogP contribution in [0, 0.1) is 6.92 Å². The van der Waals surface area contributed by atoms with Crippen molar-refractivity contribution in [3.05, 3.63) is 59.7 Å². The second kappa shape index (κ2) is 9.26. The maximum Gasteiger partial charge on any atom is 0.242 e. The summed E-state index contributed by atoms with van der Waals surface area (Å²) in [5, 5.41) is 2.83. The number of ether oxygens (including phenoxy) is 1. The van der Waals surface area contributed by atoms with E-state index < -0.39 is 10.0 Å². The largest absolute Gasteiger partial charge is 0.368 e. The third-order valence-corrected chi connectivity index (χ3v) is 7.06. The van der Waals surface area contributed by atoms with Gasteiger partial charge in [-0.3, -0.25) is 9.69 Å². The van der Waals surface area contributed by atoms with Crippen molar-refractivity contribution in [2.75, 3.05) is 39.0 Å². The Hall–Kier alpha value is -2.26. The highest BCUT2D eigenvalue weighted by molar-refractivity contribution is 7.89. The van der Waals surface area contributed by atoms with E-state index in [0.29, 0.717) is 24.3 Å². The minimum atomic E-state index is -3.58. The van der Waals surface area contributed by atoms with Gasteiger partial charge >= 0.3 is 0 Å². The van der Waals surface area contributed by atoms with E-state index in [2.05, 4.69) is 10.2 Å². The van der Waals surface area contributed by atoms with Crippen LogP contribution in [0.4, 0.5) is 5.69 Å². The molecule has 0 radical (unpaired) electrons. The van der Waals surface area contributed by atoms with Crippen LogP contribution < -0.4 is 5.32 Å². The van der Waals surface area contributed by atoms with Crippen LogP contribution in [0.15, 0.2) is 53.4 Å². The number of nitrogens with one attached hydrogen (secondary N) is 1. The molecular weight excluding hydrogens is 402 g/mol. The first-order valence-corrected chi connectivity index (χ1v) is 11.4. The highest BCUT2D eigenvalue weighted by atomic mass is 32.2. The minimum Gasteiger partial charge on any atom is -0.368 e. The summed E-state index contributed by atoms with van der Waals surface area (Å²) in [5.74, 6) is -0.187. The molecule has 1 amide bonds. The van der Waals surface area contributed by atoms with Crippen molar-refractivity contribution in [1.82, 2.24) is 9.21 Å². The lowest BCUT2D eigenvalue weighted by Gasteiger charge is -2.36. The lowest BCUT2D eigenvalue weighted by Crippen LogP contribution is -2.46. The van der Waals surface area contributed by atoms with Gasteiger partial charge in [-0.05, 0) is 37.1 Å². The number of carbonyl (C=O) groups is 1. The van der Waals surface area contributed by atoms with Gasteiger partial charge in [0.1, 0.15) is 0 Å². The van der Waals surface area contributed by atoms with Crippen LogP contribution >= 0.6 is 0 Å². The topological polar surface area (TPSA) is 79.0 Å². The fraction of sp³-hybridized carbons (Fsp3) is 0.409. The van der Waals surface area contributed by atoms with Crippen molar-refractivity contribution < 1.29 is 17.9 Å². The summed E-state index contributed by atoms with van der Waals surface area (Å²) in [6.07, 6.45) is -0.0769. The van der Waals surface area contributed by atoms with Gasteiger partial charge in [0.25, 0.3) is 0 Å². The number of morpholine rings is 1. The van der Waals surface area contributed by atoms with E-state index >= 15 is 0 Å². The zero-order chi connectivity index (χ0) is 21.9. The van der Waals surface area contributed by atoms with Crippen LogP contribution in [0.3, 0.4) is 0 Å². The summed E-state index contributed by atoms with van der Waals surface area (Å²) in [4.78, 5) is 14.9. The van der Waals surface area contributed by atoms with Crippen molar-refractivity contribution in [3.63, 3.8) is 0 Å². The third kappa shape index (κ3) is 5.26. The number of amides is 1. The van der Waals surface area contributed by atoms with Crippen LogP contribution in [-0.4, -0.2) is 63.4 Å². The molecule has 2 aromatic carbocycles. The summed E-state index contributed by atoms with van der Waals surface area (Å²) in [6.45, 7) is 5.22. The highest BCUT2D eigenvalue weighted by Gasteiger charge is 2.27. The molecule has 1 heterocycles. The van der Waals surface area contributed by atoms with Gasteiger partial charge in [-0.2, -0.15) is 0 Å². The molecule has 1 saturated heterocycles. The number of aryl methyl sites for hydroxylation is 1. The van der Waals surface area contributed by atoms with Gasteiger partial charge in [-0.25, -0.2) is 12.7 Å². The Labute approximate surface area is 178 Å². The zero-order valence-electron chi connectivity index (χ0n) is 17.8. The van der Waals surface area contributed by atoms with Gasteiger partial charge in [0.05, 0.1) is 23.6 Å². The first kappa shape index (κ1) is 22.4. The van der Waals surface area contributed by atoms with Gasteiger partial charge in [0, 0.05) is 32.9 Å². The molecule has 1 N–H and O–H groups in total. The smallest absolute Gasteiger partial charge is 0.242 e. The standard InChI is InChI=1S/C22H29N3O4S/c1-16-10-11-19(12-21(16)30(27,28)24(3)4)23-22(26)15-25-13-17(2)29-20(14-25)18-8-6-5-7-9-18/h5-12,17,20H,13-15H2,1-4H3,(H,23,26). The van der Waals surface area contributed by atoms with E-state index in [1.807, 2.05) is 37.3 Å². The Morgan fingerprint density at radius 3 is 2.53 bits per heavy atom. The van der Waals surface area contributed by atoms with Crippen LogP contribution in [0.5, 0.6) is 0 Å². The molecule has 1 aliphatic rings.